The summed E-state index contributed by atoms with van der Waals surface area (Å²) in [6, 6.07) is 9.06. The van der Waals surface area contributed by atoms with Crippen molar-refractivity contribution in [1.29, 1.82) is 0 Å². The lowest BCUT2D eigenvalue weighted by Gasteiger charge is -2.26. The first-order chi connectivity index (χ1) is 18.6. The number of nitrogens with zero attached hydrogens (tertiary/aromatic N) is 7. The fourth-order valence-electron chi connectivity index (χ4n) is 6.52. The van der Waals surface area contributed by atoms with E-state index in [0.717, 1.165) is 48.4 Å². The fourth-order valence-corrected chi connectivity index (χ4v) is 6.84. The van der Waals surface area contributed by atoms with E-state index in [9.17, 15) is 4.39 Å². The van der Waals surface area contributed by atoms with Crippen molar-refractivity contribution < 1.29 is 4.39 Å². The van der Waals surface area contributed by atoms with E-state index in [0.29, 0.717) is 39.4 Å². The molecule has 4 aromatic heterocycles. The average Bonchev–Trinajstić information content (AvgIpc) is 3.42. The lowest BCUT2D eigenvalue weighted by Crippen LogP contribution is -2.32. The van der Waals surface area contributed by atoms with Crippen molar-refractivity contribution in [1.82, 2.24) is 35.1 Å². The summed E-state index contributed by atoms with van der Waals surface area (Å²) in [6.07, 6.45) is 10.2. The molecule has 0 spiro atoms. The smallest absolute Gasteiger partial charge is 0.202 e. The summed E-state index contributed by atoms with van der Waals surface area (Å²) in [5.41, 5.74) is 4.61. The van der Waals surface area contributed by atoms with E-state index in [1.807, 2.05) is 18.2 Å². The van der Waals surface area contributed by atoms with Gasteiger partial charge in [0.05, 0.1) is 22.6 Å². The van der Waals surface area contributed by atoms with Crippen LogP contribution in [0, 0.1) is 17.7 Å². The fraction of sp³-hybridized carbons (Fsp3) is 0.286. The quantitative estimate of drug-likeness (QED) is 0.324. The van der Waals surface area contributed by atoms with Gasteiger partial charge in [-0.3, -0.25) is 10.1 Å². The van der Waals surface area contributed by atoms with Gasteiger partial charge in [-0.15, -0.1) is 0 Å². The van der Waals surface area contributed by atoms with Crippen LogP contribution in [0.1, 0.15) is 25.3 Å². The Labute approximate surface area is 223 Å². The van der Waals surface area contributed by atoms with E-state index in [2.05, 4.69) is 37.0 Å². The van der Waals surface area contributed by atoms with E-state index < -0.39 is 0 Å². The Hall–Kier alpha value is -3.98. The number of pyridine rings is 1. The van der Waals surface area contributed by atoms with Gasteiger partial charge in [0.2, 0.25) is 5.65 Å². The van der Waals surface area contributed by atoms with Crippen LogP contribution in [0.5, 0.6) is 0 Å². The summed E-state index contributed by atoms with van der Waals surface area (Å²) in [6.45, 7) is 3.85. The molecule has 5 heterocycles. The van der Waals surface area contributed by atoms with Gasteiger partial charge >= 0.3 is 0 Å². The van der Waals surface area contributed by atoms with Gasteiger partial charge in [-0.25, -0.2) is 24.3 Å². The van der Waals surface area contributed by atoms with Gasteiger partial charge < -0.3 is 4.90 Å². The minimum absolute atomic E-state index is 0.0988. The molecule has 0 radical (unpaired) electrons. The summed E-state index contributed by atoms with van der Waals surface area (Å²) in [5.74, 6) is 1.56. The van der Waals surface area contributed by atoms with Gasteiger partial charge in [0, 0.05) is 48.2 Å². The summed E-state index contributed by atoms with van der Waals surface area (Å²) in [5, 5.41) is 7.97. The number of anilines is 1. The number of aromatic nitrogens is 7. The van der Waals surface area contributed by atoms with Crippen LogP contribution in [0.4, 0.5) is 10.2 Å². The Morgan fingerprint density at radius 3 is 2.76 bits per heavy atom. The van der Waals surface area contributed by atoms with Crippen molar-refractivity contribution in [3.8, 4) is 22.5 Å². The Kier molecular flexibility index (Phi) is 5.36. The van der Waals surface area contributed by atoms with Crippen molar-refractivity contribution in [2.75, 3.05) is 18.0 Å². The minimum atomic E-state index is -0.100. The first-order valence-corrected chi connectivity index (χ1v) is 13.1. The first kappa shape index (κ1) is 23.2. The van der Waals surface area contributed by atoms with E-state index in [4.69, 9.17) is 21.6 Å². The highest BCUT2D eigenvalue weighted by atomic mass is 35.5. The molecule has 0 unspecified atom stereocenters. The molecule has 1 saturated carbocycles. The van der Waals surface area contributed by atoms with Crippen molar-refractivity contribution in [2.24, 2.45) is 11.8 Å². The minimum Gasteiger partial charge on any atom is -0.355 e. The van der Waals surface area contributed by atoms with Gasteiger partial charge in [-0.1, -0.05) is 36.7 Å². The van der Waals surface area contributed by atoms with Gasteiger partial charge in [0.25, 0.3) is 0 Å². The third kappa shape index (κ3) is 3.41. The normalized spacial score (nSPS) is 22.4. The molecule has 190 valence electrons. The monoisotopic (exact) mass is 526 g/mol. The van der Waals surface area contributed by atoms with Crippen LogP contribution in [-0.4, -0.2) is 48.2 Å². The summed E-state index contributed by atoms with van der Waals surface area (Å²) in [4.78, 5) is 24.4. The van der Waals surface area contributed by atoms with Crippen LogP contribution in [0.3, 0.4) is 0 Å². The topological polar surface area (TPSA) is 96.4 Å². The van der Waals surface area contributed by atoms with Gasteiger partial charge in [-0.05, 0) is 42.4 Å². The molecule has 1 aliphatic carbocycles. The van der Waals surface area contributed by atoms with Crippen LogP contribution in [0.15, 0.2) is 61.4 Å². The molecule has 5 aromatic rings. The third-order valence-electron chi connectivity index (χ3n) is 8.36. The Balaban J connectivity index is 1.18. The van der Waals surface area contributed by atoms with Crippen molar-refractivity contribution >= 4 is 28.6 Å². The van der Waals surface area contributed by atoms with Crippen LogP contribution in [0.2, 0.25) is 5.02 Å². The van der Waals surface area contributed by atoms with E-state index in [1.54, 1.807) is 36.9 Å². The zero-order valence-electron chi connectivity index (χ0n) is 20.6. The Bertz CT molecular complexity index is 1660. The average molecular weight is 527 g/mol. The number of H-pyrrole nitrogens is 1. The molecular weight excluding hydrogens is 503 g/mol. The molecule has 1 N–H and O–H groups in total. The van der Waals surface area contributed by atoms with E-state index in [-0.39, 0.29) is 11.2 Å². The molecule has 2 fully saturated rings. The number of hydrogen-bond donors (Lipinski definition) is 1. The number of hydrogen-bond acceptors (Lipinski definition) is 7. The van der Waals surface area contributed by atoms with Gasteiger partial charge in [0.15, 0.2) is 0 Å². The molecule has 0 amide bonds. The van der Waals surface area contributed by atoms with Crippen molar-refractivity contribution in [3.05, 3.63) is 77.8 Å². The third-order valence-corrected chi connectivity index (χ3v) is 8.74. The van der Waals surface area contributed by atoms with Crippen LogP contribution in [0.25, 0.3) is 33.7 Å². The number of aromatic amines is 1. The highest BCUT2D eigenvalue weighted by molar-refractivity contribution is 6.36. The molecule has 1 saturated heterocycles. The second-order valence-electron chi connectivity index (χ2n) is 9.97. The maximum absolute atomic E-state index is 14.8. The number of piperidine rings is 1. The number of halogens is 2. The van der Waals surface area contributed by atoms with Gasteiger partial charge in [-0.2, -0.15) is 5.10 Å². The maximum atomic E-state index is 14.8. The van der Waals surface area contributed by atoms with Crippen molar-refractivity contribution in [2.45, 2.75) is 25.2 Å². The number of nitrogens with one attached hydrogen (secondary N) is 1. The maximum Gasteiger partial charge on any atom is 0.202 e. The molecule has 8 nitrogen and oxygen atoms in total. The zero-order chi connectivity index (χ0) is 25.9. The Morgan fingerprint density at radius 2 is 1.95 bits per heavy atom. The highest BCUT2D eigenvalue weighted by Crippen LogP contribution is 2.65. The molecule has 0 bridgehead atoms. The summed E-state index contributed by atoms with van der Waals surface area (Å²) >= 11 is 6.76. The molecule has 1 aliphatic heterocycles. The predicted molar refractivity (Wildman–Crippen MR) is 143 cm³/mol. The molecule has 38 heavy (non-hydrogen) atoms. The Morgan fingerprint density at radius 1 is 1.11 bits per heavy atom. The lowest BCUT2D eigenvalue weighted by atomic mass is 9.88. The number of fused-ring (bicyclic) bond motifs is 2. The summed E-state index contributed by atoms with van der Waals surface area (Å²) < 4.78 is 14.8. The van der Waals surface area contributed by atoms with Gasteiger partial charge in [0.1, 0.15) is 23.5 Å². The highest BCUT2D eigenvalue weighted by Gasteiger charge is 2.65. The predicted octanol–water partition coefficient (Wildman–Crippen LogP) is 5.47. The SMILES string of the molecule is CC[C@]1(c2ccccc2F)[C@@H]2CCN(c3cnc4c(-c5ccnc(-c6cncnc6)c5Cl)[nH]nc4n3)C[C@@H]21. The second-order valence-corrected chi connectivity index (χ2v) is 10.3. The van der Waals surface area contributed by atoms with Crippen LogP contribution < -0.4 is 4.90 Å². The molecule has 3 atom stereocenters. The standard InChI is InChI=1S/C28H24ClFN8/c1-2-28(19-5-3-4-6-21(19)30)18-8-10-38(14-20(18)28)22-13-34-26-25(36-37-27(26)35-22)17-7-9-33-24(23(17)29)16-11-31-15-32-12-16/h3-7,9,11-13,15,18,20H,2,8,10,14H2,1H3,(H,35,36,37)/t18-,20+,28-/m1/s1. The van der Waals surface area contributed by atoms with E-state index in [1.165, 1.54) is 6.33 Å². The largest absolute Gasteiger partial charge is 0.355 e. The van der Waals surface area contributed by atoms with Crippen molar-refractivity contribution in [3.63, 3.8) is 0 Å². The van der Waals surface area contributed by atoms with Crippen LogP contribution in [-0.2, 0) is 5.41 Å². The number of rotatable bonds is 5. The molecule has 7 rings (SSSR count). The lowest BCUT2D eigenvalue weighted by molar-refractivity contribution is 0.516. The molecule has 2 aliphatic rings. The van der Waals surface area contributed by atoms with E-state index >= 15 is 0 Å². The first-order valence-electron chi connectivity index (χ1n) is 12.7. The number of benzene rings is 1. The molecular formula is C28H24ClFN8. The zero-order valence-corrected chi connectivity index (χ0v) is 21.4. The van der Waals surface area contributed by atoms with Crippen LogP contribution >= 0.6 is 11.6 Å². The second kappa shape index (κ2) is 8.80. The summed E-state index contributed by atoms with van der Waals surface area (Å²) in [7, 11) is 0. The molecule has 10 heteroatoms. The molecule has 1 aromatic carbocycles.